The fourth-order valence-corrected chi connectivity index (χ4v) is 2.26. The predicted octanol–water partition coefficient (Wildman–Crippen LogP) is 2.07. The number of nitrogens with zero attached hydrogens (tertiary/aromatic N) is 1. The highest BCUT2D eigenvalue weighted by Gasteiger charge is 2.21. The van der Waals surface area contributed by atoms with Crippen LogP contribution in [0.5, 0.6) is 0 Å². The predicted molar refractivity (Wildman–Crippen MR) is 68.5 cm³/mol. The first-order valence-corrected chi connectivity index (χ1v) is 6.51. The van der Waals surface area contributed by atoms with Crippen molar-refractivity contribution in [2.24, 2.45) is 0 Å². The van der Waals surface area contributed by atoms with Gasteiger partial charge in [-0.3, -0.25) is 4.79 Å². The van der Waals surface area contributed by atoms with E-state index >= 15 is 0 Å². The van der Waals surface area contributed by atoms with Crippen LogP contribution in [0, 0.1) is 11.6 Å². The second kappa shape index (κ2) is 6.10. The van der Waals surface area contributed by atoms with E-state index < -0.39 is 11.6 Å². The summed E-state index contributed by atoms with van der Waals surface area (Å²) in [6.07, 6.45) is 1.52. The Balaban J connectivity index is 1.84. The molecule has 1 amide bonds. The molecule has 1 aliphatic rings. The lowest BCUT2D eigenvalue weighted by atomic mass is 10.2. The molecule has 1 aromatic carbocycles. The van der Waals surface area contributed by atoms with E-state index in [1.54, 1.807) is 4.90 Å². The minimum absolute atomic E-state index is 0.0460. The Kier molecular flexibility index (Phi) is 4.47. The van der Waals surface area contributed by atoms with Crippen molar-refractivity contribution in [2.75, 3.05) is 13.1 Å². The Bertz CT molecular complexity index is 465. The van der Waals surface area contributed by atoms with Gasteiger partial charge in [0.25, 0.3) is 0 Å². The van der Waals surface area contributed by atoms with Crippen LogP contribution in [0.4, 0.5) is 8.78 Å². The Labute approximate surface area is 111 Å². The molecule has 0 saturated carbocycles. The quantitative estimate of drug-likeness (QED) is 0.886. The van der Waals surface area contributed by atoms with Gasteiger partial charge in [0.1, 0.15) is 11.6 Å². The lowest BCUT2D eigenvalue weighted by Crippen LogP contribution is -2.39. The van der Waals surface area contributed by atoms with Gasteiger partial charge in [-0.15, -0.1) is 0 Å². The SMILES string of the molecule is CC(CN1CCCC1=O)NCc1cc(F)ccc1F. The van der Waals surface area contributed by atoms with Crippen molar-refractivity contribution in [1.82, 2.24) is 10.2 Å². The summed E-state index contributed by atoms with van der Waals surface area (Å²) in [5, 5.41) is 3.11. The summed E-state index contributed by atoms with van der Waals surface area (Å²) in [5.74, 6) is -0.690. The van der Waals surface area contributed by atoms with E-state index in [0.717, 1.165) is 25.1 Å². The van der Waals surface area contributed by atoms with Gasteiger partial charge < -0.3 is 10.2 Å². The van der Waals surface area contributed by atoms with Crippen molar-refractivity contribution >= 4 is 5.91 Å². The number of halogens is 2. The number of amides is 1. The molecule has 5 heteroatoms. The molecule has 1 aliphatic heterocycles. The normalized spacial score (nSPS) is 17.0. The number of carbonyl (C=O) groups excluding carboxylic acids is 1. The van der Waals surface area contributed by atoms with Crippen LogP contribution >= 0.6 is 0 Å². The van der Waals surface area contributed by atoms with Gasteiger partial charge >= 0.3 is 0 Å². The summed E-state index contributed by atoms with van der Waals surface area (Å²) in [6, 6.07) is 3.46. The van der Waals surface area contributed by atoms with Gasteiger partial charge in [-0.2, -0.15) is 0 Å². The van der Waals surface area contributed by atoms with E-state index in [1.165, 1.54) is 6.07 Å². The third-order valence-electron chi connectivity index (χ3n) is 3.31. The number of hydrogen-bond donors (Lipinski definition) is 1. The minimum Gasteiger partial charge on any atom is -0.341 e. The average Bonchev–Trinajstić information content (AvgIpc) is 2.76. The fourth-order valence-electron chi connectivity index (χ4n) is 2.26. The molecule has 0 aliphatic carbocycles. The lowest BCUT2D eigenvalue weighted by molar-refractivity contribution is -0.127. The first-order valence-electron chi connectivity index (χ1n) is 6.51. The summed E-state index contributed by atoms with van der Waals surface area (Å²) in [4.78, 5) is 13.3. The monoisotopic (exact) mass is 268 g/mol. The van der Waals surface area contributed by atoms with Gasteiger partial charge in [-0.25, -0.2) is 8.78 Å². The van der Waals surface area contributed by atoms with E-state index in [2.05, 4.69) is 5.32 Å². The van der Waals surface area contributed by atoms with E-state index in [0.29, 0.717) is 18.5 Å². The zero-order chi connectivity index (χ0) is 13.8. The first-order chi connectivity index (χ1) is 9.06. The van der Waals surface area contributed by atoms with E-state index in [4.69, 9.17) is 0 Å². The Morgan fingerprint density at radius 1 is 1.42 bits per heavy atom. The van der Waals surface area contributed by atoms with Gasteiger partial charge in [0.2, 0.25) is 5.91 Å². The maximum Gasteiger partial charge on any atom is 0.222 e. The van der Waals surface area contributed by atoms with Crippen molar-refractivity contribution in [3.05, 3.63) is 35.4 Å². The molecular weight excluding hydrogens is 250 g/mol. The summed E-state index contributed by atoms with van der Waals surface area (Å²) in [6.45, 7) is 3.59. The van der Waals surface area contributed by atoms with Crippen LogP contribution in [0.2, 0.25) is 0 Å². The molecule has 1 unspecified atom stereocenters. The lowest BCUT2D eigenvalue weighted by Gasteiger charge is -2.21. The highest BCUT2D eigenvalue weighted by atomic mass is 19.1. The van der Waals surface area contributed by atoms with Crippen molar-refractivity contribution in [1.29, 1.82) is 0 Å². The number of carbonyl (C=O) groups is 1. The van der Waals surface area contributed by atoms with E-state index in [1.807, 2.05) is 6.92 Å². The molecule has 1 N–H and O–H groups in total. The zero-order valence-corrected chi connectivity index (χ0v) is 11.0. The van der Waals surface area contributed by atoms with Gasteiger partial charge in [-0.05, 0) is 31.5 Å². The number of benzene rings is 1. The Hall–Kier alpha value is -1.49. The maximum absolute atomic E-state index is 13.4. The summed E-state index contributed by atoms with van der Waals surface area (Å²) >= 11 is 0. The van der Waals surface area contributed by atoms with Crippen molar-refractivity contribution in [3.8, 4) is 0 Å². The molecule has 0 aromatic heterocycles. The van der Waals surface area contributed by atoms with Gasteiger partial charge in [0.15, 0.2) is 0 Å². The molecule has 2 rings (SSSR count). The minimum atomic E-state index is -0.444. The van der Waals surface area contributed by atoms with Crippen LogP contribution in [-0.2, 0) is 11.3 Å². The van der Waals surface area contributed by atoms with E-state index in [9.17, 15) is 13.6 Å². The second-order valence-electron chi connectivity index (χ2n) is 4.96. The molecule has 0 spiro atoms. The smallest absolute Gasteiger partial charge is 0.222 e. The molecule has 104 valence electrons. The third-order valence-corrected chi connectivity index (χ3v) is 3.31. The average molecular weight is 268 g/mol. The van der Waals surface area contributed by atoms with Crippen LogP contribution in [0.3, 0.4) is 0 Å². The van der Waals surface area contributed by atoms with Gasteiger partial charge in [-0.1, -0.05) is 0 Å². The number of rotatable bonds is 5. The van der Waals surface area contributed by atoms with Gasteiger partial charge in [0, 0.05) is 37.7 Å². The molecule has 3 nitrogen and oxygen atoms in total. The molecule has 1 fully saturated rings. The Morgan fingerprint density at radius 2 is 2.21 bits per heavy atom. The highest BCUT2D eigenvalue weighted by Crippen LogP contribution is 2.11. The maximum atomic E-state index is 13.4. The molecule has 19 heavy (non-hydrogen) atoms. The van der Waals surface area contributed by atoms with Crippen molar-refractivity contribution in [3.63, 3.8) is 0 Å². The van der Waals surface area contributed by atoms with Crippen LogP contribution in [0.25, 0.3) is 0 Å². The second-order valence-corrected chi connectivity index (χ2v) is 4.96. The van der Waals surface area contributed by atoms with Crippen LogP contribution < -0.4 is 5.32 Å². The fraction of sp³-hybridized carbons (Fsp3) is 0.500. The highest BCUT2D eigenvalue weighted by molar-refractivity contribution is 5.78. The largest absolute Gasteiger partial charge is 0.341 e. The molecule has 1 heterocycles. The van der Waals surface area contributed by atoms with Crippen LogP contribution in [0.1, 0.15) is 25.3 Å². The summed E-state index contributed by atoms with van der Waals surface area (Å²) in [5.41, 5.74) is 0.305. The zero-order valence-electron chi connectivity index (χ0n) is 11.0. The Morgan fingerprint density at radius 3 is 2.89 bits per heavy atom. The van der Waals surface area contributed by atoms with Crippen LogP contribution in [-0.4, -0.2) is 29.9 Å². The molecule has 0 radical (unpaired) electrons. The van der Waals surface area contributed by atoms with Gasteiger partial charge in [0.05, 0.1) is 0 Å². The summed E-state index contributed by atoms with van der Waals surface area (Å²) < 4.78 is 26.4. The molecular formula is C14H18F2N2O. The third kappa shape index (κ3) is 3.73. The molecule has 1 aromatic rings. The number of hydrogen-bond acceptors (Lipinski definition) is 2. The topological polar surface area (TPSA) is 32.3 Å². The van der Waals surface area contributed by atoms with Crippen molar-refractivity contribution < 1.29 is 13.6 Å². The van der Waals surface area contributed by atoms with E-state index in [-0.39, 0.29) is 18.5 Å². The standard InChI is InChI=1S/C14H18F2N2O/c1-10(9-18-6-2-3-14(18)19)17-8-11-7-12(15)4-5-13(11)16/h4-5,7,10,17H,2-3,6,8-9H2,1H3. The van der Waals surface area contributed by atoms with Crippen LogP contribution in [0.15, 0.2) is 18.2 Å². The summed E-state index contributed by atoms with van der Waals surface area (Å²) in [7, 11) is 0. The first kappa shape index (κ1) is 13.9. The number of likely N-dealkylation sites (tertiary alicyclic amines) is 1. The molecule has 0 bridgehead atoms. The molecule has 1 saturated heterocycles. The molecule has 1 atom stereocenters. The van der Waals surface area contributed by atoms with Crippen molar-refractivity contribution in [2.45, 2.75) is 32.4 Å². The number of nitrogens with one attached hydrogen (secondary N) is 1.